The first-order chi connectivity index (χ1) is 8.47. The van der Waals surface area contributed by atoms with Crippen LogP contribution in [0.5, 0.6) is 0 Å². The van der Waals surface area contributed by atoms with E-state index >= 15 is 0 Å². The second-order valence-corrected chi connectivity index (χ2v) is 5.46. The Hall–Kier alpha value is -1.19. The van der Waals surface area contributed by atoms with Crippen LogP contribution in [0.3, 0.4) is 0 Å². The van der Waals surface area contributed by atoms with Gasteiger partial charge in [-0.15, -0.1) is 0 Å². The summed E-state index contributed by atoms with van der Waals surface area (Å²) in [6, 6.07) is 10.9. The molecule has 18 heavy (non-hydrogen) atoms. The Morgan fingerprint density at radius 1 is 1.06 bits per heavy atom. The van der Waals surface area contributed by atoms with Crippen LogP contribution in [0.2, 0.25) is 0 Å². The molecule has 94 valence electrons. The van der Waals surface area contributed by atoms with Crippen molar-refractivity contribution in [3.8, 4) is 0 Å². The predicted molar refractivity (Wildman–Crippen MR) is 76.0 cm³/mol. The Balaban J connectivity index is 2.40. The minimum Gasteiger partial charge on any atom is -0.320 e. The van der Waals surface area contributed by atoms with E-state index in [1.807, 2.05) is 25.1 Å². The van der Waals surface area contributed by atoms with Crippen LogP contribution in [0.25, 0.3) is 0 Å². The van der Waals surface area contributed by atoms with Gasteiger partial charge in [0.1, 0.15) is 5.82 Å². The van der Waals surface area contributed by atoms with Crippen LogP contribution < -0.4 is 5.73 Å². The Bertz CT molecular complexity index is 560. The number of nitrogens with two attached hydrogens (primary N) is 1. The number of rotatable bonds is 2. The van der Waals surface area contributed by atoms with Gasteiger partial charge in [-0.2, -0.15) is 0 Å². The minimum atomic E-state index is -0.236. The monoisotopic (exact) mass is 307 g/mol. The summed E-state index contributed by atoms with van der Waals surface area (Å²) in [5.74, 6) is -0.198. The van der Waals surface area contributed by atoms with Crippen LogP contribution in [0.15, 0.2) is 40.9 Å². The topological polar surface area (TPSA) is 26.0 Å². The number of halogens is 2. The van der Waals surface area contributed by atoms with Crippen LogP contribution in [0.1, 0.15) is 28.3 Å². The molecule has 0 fully saturated rings. The molecule has 0 radical (unpaired) electrons. The van der Waals surface area contributed by atoms with Gasteiger partial charge in [-0.3, -0.25) is 0 Å². The Labute approximate surface area is 115 Å². The second kappa shape index (κ2) is 5.21. The van der Waals surface area contributed by atoms with Crippen molar-refractivity contribution in [2.24, 2.45) is 5.73 Å². The van der Waals surface area contributed by atoms with Gasteiger partial charge in [-0.25, -0.2) is 4.39 Å². The highest BCUT2D eigenvalue weighted by Gasteiger charge is 2.11. The average molecular weight is 308 g/mol. The molecule has 1 nitrogen and oxygen atoms in total. The summed E-state index contributed by atoms with van der Waals surface area (Å²) in [6.45, 7) is 3.77. The van der Waals surface area contributed by atoms with Gasteiger partial charge in [0.05, 0.1) is 6.04 Å². The molecule has 0 aliphatic carbocycles. The third kappa shape index (κ3) is 2.79. The van der Waals surface area contributed by atoms with Crippen molar-refractivity contribution in [1.82, 2.24) is 0 Å². The van der Waals surface area contributed by atoms with Crippen LogP contribution >= 0.6 is 15.9 Å². The smallest absolute Gasteiger partial charge is 0.126 e. The minimum absolute atomic E-state index is 0.198. The number of benzene rings is 2. The fourth-order valence-corrected chi connectivity index (χ4v) is 2.62. The van der Waals surface area contributed by atoms with Crippen LogP contribution in [0, 0.1) is 19.7 Å². The van der Waals surface area contributed by atoms with E-state index in [4.69, 9.17) is 5.73 Å². The van der Waals surface area contributed by atoms with E-state index in [0.29, 0.717) is 5.56 Å². The summed E-state index contributed by atoms with van der Waals surface area (Å²) >= 11 is 3.46. The summed E-state index contributed by atoms with van der Waals surface area (Å²) in [6.07, 6.45) is 0. The third-order valence-corrected chi connectivity index (χ3v) is 3.42. The first-order valence-electron chi connectivity index (χ1n) is 5.76. The first-order valence-corrected chi connectivity index (χ1v) is 6.55. The summed E-state index contributed by atoms with van der Waals surface area (Å²) in [7, 11) is 0. The molecular formula is C15H15BrFN. The van der Waals surface area contributed by atoms with E-state index in [1.165, 1.54) is 6.07 Å². The molecule has 3 heteroatoms. The highest BCUT2D eigenvalue weighted by atomic mass is 79.9. The molecule has 0 bridgehead atoms. The molecule has 0 heterocycles. The van der Waals surface area contributed by atoms with E-state index in [-0.39, 0.29) is 11.9 Å². The standard InChI is InChI=1S/C15H15BrFN/c1-9-5-12(8-13(16)6-9)15(18)11-3-4-14(17)10(2)7-11/h3-8,15H,18H2,1-2H3. The van der Waals surface area contributed by atoms with Crippen molar-refractivity contribution in [2.45, 2.75) is 19.9 Å². The van der Waals surface area contributed by atoms with Crippen molar-refractivity contribution in [2.75, 3.05) is 0 Å². The molecule has 0 aliphatic heterocycles. The summed E-state index contributed by atoms with van der Waals surface area (Å²) in [5, 5.41) is 0. The molecule has 0 amide bonds. The Morgan fingerprint density at radius 2 is 1.78 bits per heavy atom. The molecule has 0 aromatic heterocycles. The van der Waals surface area contributed by atoms with Crippen LogP contribution in [-0.4, -0.2) is 0 Å². The van der Waals surface area contributed by atoms with Crippen molar-refractivity contribution < 1.29 is 4.39 Å². The van der Waals surface area contributed by atoms with E-state index in [9.17, 15) is 4.39 Å². The van der Waals surface area contributed by atoms with Gasteiger partial charge < -0.3 is 5.73 Å². The van der Waals surface area contributed by atoms with Gasteiger partial charge in [-0.05, 0) is 54.3 Å². The van der Waals surface area contributed by atoms with Gasteiger partial charge in [-0.1, -0.05) is 34.1 Å². The maximum absolute atomic E-state index is 13.2. The fourth-order valence-electron chi connectivity index (χ4n) is 2.00. The summed E-state index contributed by atoms with van der Waals surface area (Å²) in [4.78, 5) is 0. The van der Waals surface area contributed by atoms with Crippen molar-refractivity contribution in [1.29, 1.82) is 0 Å². The van der Waals surface area contributed by atoms with Gasteiger partial charge >= 0.3 is 0 Å². The molecule has 1 unspecified atom stereocenters. The lowest BCUT2D eigenvalue weighted by Gasteiger charge is -2.14. The van der Waals surface area contributed by atoms with Gasteiger partial charge in [0.15, 0.2) is 0 Å². The van der Waals surface area contributed by atoms with E-state index in [2.05, 4.69) is 15.9 Å². The third-order valence-electron chi connectivity index (χ3n) is 2.96. The van der Waals surface area contributed by atoms with Gasteiger partial charge in [0, 0.05) is 4.47 Å². The molecule has 0 aliphatic rings. The summed E-state index contributed by atoms with van der Waals surface area (Å²) < 4.78 is 14.3. The van der Waals surface area contributed by atoms with E-state index in [1.54, 1.807) is 19.1 Å². The zero-order chi connectivity index (χ0) is 13.3. The fraction of sp³-hybridized carbons (Fsp3) is 0.200. The van der Waals surface area contributed by atoms with E-state index < -0.39 is 0 Å². The maximum Gasteiger partial charge on any atom is 0.126 e. The largest absolute Gasteiger partial charge is 0.320 e. The molecule has 2 aromatic carbocycles. The second-order valence-electron chi connectivity index (χ2n) is 4.55. The number of aryl methyl sites for hydroxylation is 2. The Kier molecular flexibility index (Phi) is 3.83. The maximum atomic E-state index is 13.2. The van der Waals surface area contributed by atoms with Crippen molar-refractivity contribution in [3.05, 3.63) is 68.9 Å². The predicted octanol–water partition coefficient (Wildman–Crippen LogP) is 4.25. The summed E-state index contributed by atoms with van der Waals surface area (Å²) in [5.41, 5.74) is 9.94. The highest BCUT2D eigenvalue weighted by Crippen LogP contribution is 2.25. The highest BCUT2D eigenvalue weighted by molar-refractivity contribution is 9.10. The first kappa shape index (κ1) is 13.2. The molecule has 1 atom stereocenters. The van der Waals surface area contributed by atoms with Gasteiger partial charge in [0.25, 0.3) is 0 Å². The van der Waals surface area contributed by atoms with Gasteiger partial charge in [0.2, 0.25) is 0 Å². The molecule has 2 rings (SSSR count). The van der Waals surface area contributed by atoms with Crippen molar-refractivity contribution >= 4 is 15.9 Å². The molecule has 0 saturated heterocycles. The van der Waals surface area contributed by atoms with Crippen LogP contribution in [0.4, 0.5) is 4.39 Å². The zero-order valence-electron chi connectivity index (χ0n) is 10.4. The molecular weight excluding hydrogens is 293 g/mol. The SMILES string of the molecule is Cc1cc(Br)cc(C(N)c2ccc(F)c(C)c2)c1. The molecule has 0 spiro atoms. The number of hydrogen-bond acceptors (Lipinski definition) is 1. The number of hydrogen-bond donors (Lipinski definition) is 1. The zero-order valence-corrected chi connectivity index (χ0v) is 12.0. The lowest BCUT2D eigenvalue weighted by atomic mass is 9.97. The quantitative estimate of drug-likeness (QED) is 0.881. The normalized spacial score (nSPS) is 12.5. The molecule has 0 saturated carbocycles. The molecule has 2 aromatic rings. The molecule has 2 N–H and O–H groups in total. The van der Waals surface area contributed by atoms with E-state index in [0.717, 1.165) is 21.2 Å². The average Bonchev–Trinajstić information content (AvgIpc) is 2.30. The lowest BCUT2D eigenvalue weighted by Crippen LogP contribution is -2.12. The lowest BCUT2D eigenvalue weighted by molar-refractivity contribution is 0.617. The Morgan fingerprint density at radius 3 is 2.39 bits per heavy atom. The van der Waals surface area contributed by atoms with Crippen LogP contribution in [-0.2, 0) is 0 Å². The van der Waals surface area contributed by atoms with Crippen molar-refractivity contribution in [3.63, 3.8) is 0 Å².